The number of aliphatic hydroxyl groups is 1. The summed E-state index contributed by atoms with van der Waals surface area (Å²) in [5.41, 5.74) is 0.859. The van der Waals surface area contributed by atoms with Gasteiger partial charge in [0, 0.05) is 16.5 Å². The molecule has 1 fully saturated rings. The van der Waals surface area contributed by atoms with Crippen LogP contribution in [0.3, 0.4) is 0 Å². The molecule has 1 aromatic rings. The van der Waals surface area contributed by atoms with Crippen molar-refractivity contribution < 1.29 is 14.6 Å². The Morgan fingerprint density at radius 2 is 2.18 bits per heavy atom. The van der Waals surface area contributed by atoms with Crippen molar-refractivity contribution >= 4 is 23.2 Å². The lowest BCUT2D eigenvalue weighted by atomic mass is 10.0. The fourth-order valence-electron chi connectivity index (χ4n) is 1.77. The lowest BCUT2D eigenvalue weighted by molar-refractivity contribution is -0.131. The topological polar surface area (TPSA) is 38.7 Å². The van der Waals surface area contributed by atoms with E-state index in [0.717, 1.165) is 5.56 Å². The van der Waals surface area contributed by atoms with E-state index < -0.39 is 6.10 Å². The van der Waals surface area contributed by atoms with Crippen molar-refractivity contribution in [2.45, 2.75) is 18.6 Å². The molecule has 1 aliphatic heterocycles. The van der Waals surface area contributed by atoms with E-state index in [2.05, 4.69) is 0 Å². The molecule has 1 heterocycles. The van der Waals surface area contributed by atoms with Crippen LogP contribution in [0.15, 0.2) is 18.2 Å². The van der Waals surface area contributed by atoms with Crippen molar-refractivity contribution in [1.29, 1.82) is 0 Å². The summed E-state index contributed by atoms with van der Waals surface area (Å²) in [6, 6.07) is 5.24. The van der Waals surface area contributed by atoms with Crippen LogP contribution in [0.2, 0.25) is 10.0 Å². The van der Waals surface area contributed by atoms with Crippen molar-refractivity contribution in [3.63, 3.8) is 0 Å². The Morgan fingerprint density at radius 1 is 1.35 bits per heavy atom. The molecule has 3 nitrogen and oxygen atoms in total. The number of aliphatic hydroxyl groups excluding tert-OH is 1. The number of hydrogen-bond donors (Lipinski definition) is 1. The van der Waals surface area contributed by atoms with E-state index in [1.54, 1.807) is 12.1 Å². The molecule has 0 aromatic heterocycles. The van der Waals surface area contributed by atoms with Crippen molar-refractivity contribution in [3.8, 4) is 0 Å². The summed E-state index contributed by atoms with van der Waals surface area (Å²) in [6.45, 7) is 1.54. The van der Waals surface area contributed by atoms with Crippen molar-refractivity contribution in [1.82, 2.24) is 0 Å². The summed E-state index contributed by atoms with van der Waals surface area (Å²) in [6.07, 6.45) is -0.464. The zero-order chi connectivity index (χ0) is 12.3. The van der Waals surface area contributed by atoms with Gasteiger partial charge in [0.2, 0.25) is 0 Å². The Labute approximate surface area is 110 Å². The molecule has 0 bridgehead atoms. The van der Waals surface area contributed by atoms with Gasteiger partial charge in [0.25, 0.3) is 0 Å². The standard InChI is InChI=1S/C12H14Cl2O3/c13-9-2-1-8(10(14)6-9)5-11(15)12-7-16-3-4-17-12/h1-2,6,11-12,15H,3-5,7H2. The average molecular weight is 277 g/mol. The van der Waals surface area contributed by atoms with Gasteiger partial charge in [-0.3, -0.25) is 0 Å². The molecule has 0 aliphatic carbocycles. The molecule has 1 aromatic carbocycles. The Kier molecular flexibility index (Phi) is 4.65. The maximum absolute atomic E-state index is 10.0. The first-order chi connectivity index (χ1) is 8.16. The molecule has 0 radical (unpaired) electrons. The van der Waals surface area contributed by atoms with Gasteiger partial charge >= 0.3 is 0 Å². The summed E-state index contributed by atoms with van der Waals surface area (Å²) in [5.74, 6) is 0. The highest BCUT2D eigenvalue weighted by Crippen LogP contribution is 2.23. The molecule has 5 heteroatoms. The molecule has 2 unspecified atom stereocenters. The molecule has 1 saturated heterocycles. The first-order valence-corrected chi connectivity index (χ1v) is 6.24. The summed E-state index contributed by atoms with van der Waals surface area (Å²) in [5, 5.41) is 11.2. The molecular weight excluding hydrogens is 263 g/mol. The number of benzene rings is 1. The molecule has 1 aliphatic rings. The predicted octanol–water partition coefficient (Wildman–Crippen LogP) is 2.31. The third-order valence-corrected chi connectivity index (χ3v) is 3.30. The molecule has 94 valence electrons. The minimum atomic E-state index is -0.617. The number of ether oxygens (including phenoxy) is 2. The second-order valence-corrected chi connectivity index (χ2v) is 4.83. The fraction of sp³-hybridized carbons (Fsp3) is 0.500. The largest absolute Gasteiger partial charge is 0.390 e. The first kappa shape index (κ1) is 13.1. The first-order valence-electron chi connectivity index (χ1n) is 5.48. The van der Waals surface area contributed by atoms with E-state index in [9.17, 15) is 5.11 Å². The minimum Gasteiger partial charge on any atom is -0.390 e. The molecule has 0 amide bonds. The zero-order valence-electron chi connectivity index (χ0n) is 9.23. The molecule has 2 atom stereocenters. The summed E-state index contributed by atoms with van der Waals surface area (Å²) < 4.78 is 10.7. The van der Waals surface area contributed by atoms with E-state index in [4.69, 9.17) is 32.7 Å². The second-order valence-electron chi connectivity index (χ2n) is 3.99. The average Bonchev–Trinajstić information content (AvgIpc) is 2.34. The van der Waals surface area contributed by atoms with Crippen molar-refractivity contribution in [3.05, 3.63) is 33.8 Å². The Morgan fingerprint density at radius 3 is 2.82 bits per heavy atom. The van der Waals surface area contributed by atoms with Crippen LogP contribution in [-0.4, -0.2) is 37.1 Å². The van der Waals surface area contributed by atoms with Gasteiger partial charge in [-0.2, -0.15) is 0 Å². The van der Waals surface area contributed by atoms with Gasteiger partial charge in [-0.15, -0.1) is 0 Å². The van der Waals surface area contributed by atoms with Gasteiger partial charge in [0.05, 0.1) is 25.9 Å². The second kappa shape index (κ2) is 6.03. The van der Waals surface area contributed by atoms with Crippen LogP contribution in [0.5, 0.6) is 0 Å². The molecule has 17 heavy (non-hydrogen) atoms. The fourth-order valence-corrected chi connectivity index (χ4v) is 2.26. The quantitative estimate of drug-likeness (QED) is 0.921. The highest BCUT2D eigenvalue weighted by Gasteiger charge is 2.24. The van der Waals surface area contributed by atoms with Gasteiger partial charge in [-0.05, 0) is 17.7 Å². The van der Waals surface area contributed by atoms with Crippen LogP contribution in [0.25, 0.3) is 0 Å². The number of halogens is 2. The lowest BCUT2D eigenvalue weighted by Crippen LogP contribution is -2.39. The molecule has 0 spiro atoms. The Bertz CT molecular complexity index is 378. The van der Waals surface area contributed by atoms with Gasteiger partial charge in [0.15, 0.2) is 0 Å². The maximum Gasteiger partial charge on any atom is 0.107 e. The van der Waals surface area contributed by atoms with Crippen LogP contribution in [0.4, 0.5) is 0 Å². The monoisotopic (exact) mass is 276 g/mol. The highest BCUT2D eigenvalue weighted by molar-refractivity contribution is 6.35. The minimum absolute atomic E-state index is 0.282. The number of rotatable bonds is 3. The van der Waals surface area contributed by atoms with E-state index in [1.165, 1.54) is 0 Å². The van der Waals surface area contributed by atoms with Crippen LogP contribution < -0.4 is 0 Å². The van der Waals surface area contributed by atoms with Crippen LogP contribution in [-0.2, 0) is 15.9 Å². The van der Waals surface area contributed by atoms with Gasteiger partial charge in [-0.25, -0.2) is 0 Å². The van der Waals surface area contributed by atoms with Crippen molar-refractivity contribution in [2.75, 3.05) is 19.8 Å². The highest BCUT2D eigenvalue weighted by atomic mass is 35.5. The van der Waals surface area contributed by atoms with Gasteiger partial charge in [0.1, 0.15) is 6.10 Å². The zero-order valence-corrected chi connectivity index (χ0v) is 10.7. The van der Waals surface area contributed by atoms with Crippen LogP contribution in [0.1, 0.15) is 5.56 Å². The maximum atomic E-state index is 10.0. The summed E-state index contributed by atoms with van der Waals surface area (Å²) in [4.78, 5) is 0. The third kappa shape index (κ3) is 3.57. The van der Waals surface area contributed by atoms with Gasteiger partial charge < -0.3 is 14.6 Å². The number of hydrogen-bond acceptors (Lipinski definition) is 3. The predicted molar refractivity (Wildman–Crippen MR) is 66.7 cm³/mol. The van der Waals surface area contributed by atoms with E-state index in [0.29, 0.717) is 36.3 Å². The SMILES string of the molecule is OC(Cc1ccc(Cl)cc1Cl)C1COCCO1. The summed E-state index contributed by atoms with van der Waals surface area (Å²) in [7, 11) is 0. The Hall–Kier alpha value is -0.320. The van der Waals surface area contributed by atoms with E-state index in [1.807, 2.05) is 6.07 Å². The summed E-state index contributed by atoms with van der Waals surface area (Å²) >= 11 is 11.9. The smallest absolute Gasteiger partial charge is 0.107 e. The normalized spacial score (nSPS) is 22.4. The van der Waals surface area contributed by atoms with Crippen molar-refractivity contribution in [2.24, 2.45) is 0 Å². The molecular formula is C12H14Cl2O3. The van der Waals surface area contributed by atoms with Crippen LogP contribution >= 0.6 is 23.2 Å². The lowest BCUT2D eigenvalue weighted by Gasteiger charge is -2.27. The molecule has 2 rings (SSSR count). The van der Waals surface area contributed by atoms with E-state index in [-0.39, 0.29) is 6.10 Å². The Balaban J connectivity index is 1.99. The molecule has 0 saturated carbocycles. The van der Waals surface area contributed by atoms with E-state index >= 15 is 0 Å². The third-order valence-electron chi connectivity index (χ3n) is 2.72. The van der Waals surface area contributed by atoms with Crippen LogP contribution in [0, 0.1) is 0 Å². The molecule has 1 N–H and O–H groups in total. The van der Waals surface area contributed by atoms with Gasteiger partial charge in [-0.1, -0.05) is 29.3 Å².